The molecule has 13 heavy (non-hydrogen) atoms. The fraction of sp³-hybridized carbons (Fsp3) is 0.333. The topological polar surface area (TPSA) is 0 Å². The van der Waals surface area contributed by atoms with Crippen LogP contribution in [-0.4, -0.2) is 0 Å². The van der Waals surface area contributed by atoms with Crippen LogP contribution in [0.5, 0.6) is 0 Å². The maximum Gasteiger partial charge on any atom is 0.0250 e. The summed E-state index contributed by atoms with van der Waals surface area (Å²) in [5.41, 5.74) is 2.69. The Balaban J connectivity index is 3.17. The average Bonchev–Trinajstić information content (AvgIpc) is 2.02. The lowest BCUT2D eigenvalue weighted by Crippen LogP contribution is -2.10. The molecule has 0 aliphatic rings. The molecule has 0 aliphatic heterocycles. The van der Waals surface area contributed by atoms with E-state index in [2.05, 4.69) is 61.5 Å². The second-order valence-corrected chi connectivity index (χ2v) is 5.04. The van der Waals surface area contributed by atoms with E-state index < -0.39 is 0 Å². The molecule has 0 bridgehead atoms. The van der Waals surface area contributed by atoms with E-state index in [4.69, 9.17) is 0 Å². The summed E-state index contributed by atoms with van der Waals surface area (Å²) in [6, 6.07) is 6.41. The monoisotopic (exact) mass is 238 g/mol. The van der Waals surface area contributed by atoms with Crippen molar-refractivity contribution in [1.29, 1.82) is 0 Å². The number of halogens is 1. The third-order valence-corrected chi connectivity index (χ3v) is 2.77. The molecule has 1 heteroatoms. The van der Waals surface area contributed by atoms with Crippen LogP contribution in [0.3, 0.4) is 0 Å². The number of hydrogen-bond donors (Lipinski definition) is 0. The first-order valence-electron chi connectivity index (χ1n) is 4.37. The van der Waals surface area contributed by atoms with Gasteiger partial charge in [-0.05, 0) is 22.6 Å². The molecule has 0 aliphatic carbocycles. The van der Waals surface area contributed by atoms with E-state index in [1.807, 2.05) is 6.08 Å². The van der Waals surface area contributed by atoms with E-state index in [9.17, 15) is 0 Å². The lowest BCUT2D eigenvalue weighted by atomic mass is 9.87. The van der Waals surface area contributed by atoms with E-state index in [1.165, 1.54) is 5.56 Å². The summed E-state index contributed by atoms with van der Waals surface area (Å²) in [4.78, 5) is 0. The van der Waals surface area contributed by atoms with Crippen molar-refractivity contribution in [2.75, 3.05) is 0 Å². The molecular formula is C12H15Br. The predicted molar refractivity (Wildman–Crippen MR) is 62.9 cm³/mol. The molecule has 0 heterocycles. The molecule has 1 aromatic carbocycles. The van der Waals surface area contributed by atoms with Crippen molar-refractivity contribution in [3.63, 3.8) is 0 Å². The Morgan fingerprint density at radius 3 is 2.31 bits per heavy atom. The van der Waals surface area contributed by atoms with Crippen molar-refractivity contribution in [3.8, 4) is 0 Å². The summed E-state index contributed by atoms with van der Waals surface area (Å²) < 4.78 is 1.12. The van der Waals surface area contributed by atoms with Crippen LogP contribution in [0.1, 0.15) is 31.9 Å². The zero-order chi connectivity index (χ0) is 10.1. The van der Waals surface area contributed by atoms with Gasteiger partial charge in [0.05, 0.1) is 0 Å². The Labute approximate surface area is 88.8 Å². The summed E-state index contributed by atoms with van der Waals surface area (Å²) in [7, 11) is 0. The SMILES string of the molecule is C=Cc1ccc(C(C)(C)C)cc1Br. The maximum absolute atomic E-state index is 3.75. The van der Waals surface area contributed by atoms with Gasteiger partial charge in [-0.1, -0.05) is 61.5 Å². The summed E-state index contributed by atoms with van der Waals surface area (Å²) in [5, 5.41) is 0. The van der Waals surface area contributed by atoms with Crippen molar-refractivity contribution in [1.82, 2.24) is 0 Å². The molecule has 0 amide bonds. The molecule has 0 saturated heterocycles. The Hall–Kier alpha value is -0.560. The summed E-state index contributed by atoms with van der Waals surface area (Å²) in [6.07, 6.45) is 1.86. The minimum absolute atomic E-state index is 0.211. The van der Waals surface area contributed by atoms with Crippen LogP contribution in [0.2, 0.25) is 0 Å². The van der Waals surface area contributed by atoms with Crippen LogP contribution >= 0.6 is 15.9 Å². The standard InChI is InChI=1S/C12H15Br/c1-5-9-6-7-10(8-11(9)13)12(2,3)4/h5-8H,1H2,2-4H3. The zero-order valence-electron chi connectivity index (χ0n) is 8.39. The van der Waals surface area contributed by atoms with E-state index in [0.717, 1.165) is 10.0 Å². The largest absolute Gasteiger partial charge is 0.0984 e. The van der Waals surface area contributed by atoms with Crippen molar-refractivity contribution in [2.24, 2.45) is 0 Å². The first-order valence-corrected chi connectivity index (χ1v) is 5.17. The number of benzene rings is 1. The minimum atomic E-state index is 0.211. The fourth-order valence-electron chi connectivity index (χ4n) is 1.16. The van der Waals surface area contributed by atoms with Crippen molar-refractivity contribution < 1.29 is 0 Å². The van der Waals surface area contributed by atoms with Crippen LogP contribution in [0.25, 0.3) is 6.08 Å². The lowest BCUT2D eigenvalue weighted by molar-refractivity contribution is 0.590. The maximum atomic E-state index is 3.75. The van der Waals surface area contributed by atoms with Crippen molar-refractivity contribution in [2.45, 2.75) is 26.2 Å². The van der Waals surface area contributed by atoms with E-state index in [1.54, 1.807) is 0 Å². The van der Waals surface area contributed by atoms with Crippen LogP contribution in [0, 0.1) is 0 Å². The van der Waals surface area contributed by atoms with E-state index >= 15 is 0 Å². The second kappa shape index (κ2) is 3.67. The van der Waals surface area contributed by atoms with Gasteiger partial charge in [0.1, 0.15) is 0 Å². The quantitative estimate of drug-likeness (QED) is 0.681. The Bertz CT molecular complexity index is 318. The molecule has 0 nitrogen and oxygen atoms in total. The number of hydrogen-bond acceptors (Lipinski definition) is 0. The highest BCUT2D eigenvalue weighted by Crippen LogP contribution is 2.27. The molecule has 0 fully saturated rings. The predicted octanol–water partition coefficient (Wildman–Crippen LogP) is 4.39. The van der Waals surface area contributed by atoms with Gasteiger partial charge in [-0.25, -0.2) is 0 Å². The molecule has 0 aromatic heterocycles. The highest BCUT2D eigenvalue weighted by molar-refractivity contribution is 9.10. The molecule has 0 saturated carbocycles. The van der Waals surface area contributed by atoms with Crippen LogP contribution < -0.4 is 0 Å². The first kappa shape index (κ1) is 10.5. The Morgan fingerprint density at radius 2 is 1.92 bits per heavy atom. The van der Waals surface area contributed by atoms with Gasteiger partial charge in [0.25, 0.3) is 0 Å². The van der Waals surface area contributed by atoms with Crippen LogP contribution in [0.15, 0.2) is 29.3 Å². The molecular weight excluding hydrogens is 224 g/mol. The highest BCUT2D eigenvalue weighted by atomic mass is 79.9. The third kappa shape index (κ3) is 2.44. The van der Waals surface area contributed by atoms with E-state index in [-0.39, 0.29) is 5.41 Å². The highest BCUT2D eigenvalue weighted by Gasteiger charge is 2.13. The van der Waals surface area contributed by atoms with Gasteiger partial charge in [-0.2, -0.15) is 0 Å². The van der Waals surface area contributed by atoms with Gasteiger partial charge < -0.3 is 0 Å². The molecule has 0 unspecified atom stereocenters. The normalized spacial score (nSPS) is 11.4. The average molecular weight is 239 g/mol. The third-order valence-electron chi connectivity index (χ3n) is 2.09. The minimum Gasteiger partial charge on any atom is -0.0984 e. The number of rotatable bonds is 1. The van der Waals surface area contributed by atoms with Gasteiger partial charge in [-0.15, -0.1) is 0 Å². The van der Waals surface area contributed by atoms with Crippen LogP contribution in [-0.2, 0) is 5.41 Å². The Morgan fingerprint density at radius 1 is 1.31 bits per heavy atom. The molecule has 0 spiro atoms. The summed E-state index contributed by atoms with van der Waals surface area (Å²) in [6.45, 7) is 10.4. The Kier molecular flexibility index (Phi) is 2.97. The molecule has 0 N–H and O–H groups in total. The van der Waals surface area contributed by atoms with Crippen molar-refractivity contribution >= 4 is 22.0 Å². The molecule has 1 rings (SSSR count). The van der Waals surface area contributed by atoms with Gasteiger partial charge in [0.15, 0.2) is 0 Å². The van der Waals surface area contributed by atoms with E-state index in [0.29, 0.717) is 0 Å². The zero-order valence-corrected chi connectivity index (χ0v) is 9.98. The van der Waals surface area contributed by atoms with Gasteiger partial charge in [0.2, 0.25) is 0 Å². The lowest BCUT2D eigenvalue weighted by Gasteiger charge is -2.19. The van der Waals surface area contributed by atoms with Crippen LogP contribution in [0.4, 0.5) is 0 Å². The molecule has 0 atom stereocenters. The molecule has 1 aromatic rings. The molecule has 70 valence electrons. The second-order valence-electron chi connectivity index (χ2n) is 4.19. The fourth-order valence-corrected chi connectivity index (χ4v) is 1.70. The van der Waals surface area contributed by atoms with Gasteiger partial charge >= 0.3 is 0 Å². The summed E-state index contributed by atoms with van der Waals surface area (Å²) >= 11 is 3.53. The smallest absolute Gasteiger partial charge is 0.0250 e. The first-order chi connectivity index (χ1) is 5.95. The van der Waals surface area contributed by atoms with Gasteiger partial charge in [-0.3, -0.25) is 0 Å². The van der Waals surface area contributed by atoms with Crippen molar-refractivity contribution in [3.05, 3.63) is 40.4 Å². The molecule has 0 radical (unpaired) electrons. The summed E-state index contributed by atoms with van der Waals surface area (Å²) in [5.74, 6) is 0. The van der Waals surface area contributed by atoms with Gasteiger partial charge in [0, 0.05) is 4.47 Å².